The van der Waals surface area contributed by atoms with Crippen LogP contribution >= 0.6 is 0 Å². The van der Waals surface area contributed by atoms with E-state index in [0.29, 0.717) is 12.0 Å². The zero-order chi connectivity index (χ0) is 15.2. The second-order valence-corrected chi connectivity index (χ2v) is 6.99. The number of likely N-dealkylation sites (tertiary alicyclic amines) is 1. The Morgan fingerprint density at radius 2 is 2.14 bits per heavy atom. The molecular formula is C18H32N2O. The van der Waals surface area contributed by atoms with Gasteiger partial charge < -0.3 is 9.73 Å². The predicted octanol–water partition coefficient (Wildman–Crippen LogP) is 4.10. The molecule has 1 fully saturated rings. The van der Waals surface area contributed by atoms with Crippen LogP contribution in [0, 0.1) is 12.8 Å². The van der Waals surface area contributed by atoms with E-state index in [9.17, 15) is 0 Å². The fourth-order valence-electron chi connectivity index (χ4n) is 3.10. The molecule has 0 aliphatic carbocycles. The summed E-state index contributed by atoms with van der Waals surface area (Å²) in [6.07, 6.45) is 5.44. The molecule has 120 valence electrons. The largest absolute Gasteiger partial charge is 0.465 e. The highest BCUT2D eigenvalue weighted by Crippen LogP contribution is 2.22. The molecule has 1 atom stereocenters. The maximum atomic E-state index is 5.92. The first-order chi connectivity index (χ1) is 10.1. The molecule has 0 saturated carbocycles. The Labute approximate surface area is 130 Å². The molecule has 1 unspecified atom stereocenters. The van der Waals surface area contributed by atoms with Gasteiger partial charge in [-0.3, -0.25) is 4.90 Å². The van der Waals surface area contributed by atoms with Gasteiger partial charge in [0.2, 0.25) is 0 Å². The van der Waals surface area contributed by atoms with Gasteiger partial charge in [-0.25, -0.2) is 0 Å². The molecule has 3 heteroatoms. The van der Waals surface area contributed by atoms with Crippen LogP contribution in [0.15, 0.2) is 10.5 Å². The maximum Gasteiger partial charge on any atom is 0.118 e. The van der Waals surface area contributed by atoms with Crippen LogP contribution in [0.2, 0.25) is 0 Å². The number of rotatable bonds is 6. The number of nitrogens with one attached hydrogen (secondary N) is 1. The summed E-state index contributed by atoms with van der Waals surface area (Å²) in [5, 5.41) is 3.46. The van der Waals surface area contributed by atoms with Crippen molar-refractivity contribution < 1.29 is 4.42 Å². The standard InChI is InChI=1S/C18H32N2O/c1-14(2)11-19-12-18-10-17(16(4)21-18)13-20-9-7-5-6-8-15(20)3/h10,14-15,19H,5-9,11-13H2,1-4H3. The van der Waals surface area contributed by atoms with Crippen molar-refractivity contribution in [2.75, 3.05) is 13.1 Å². The van der Waals surface area contributed by atoms with Crippen molar-refractivity contribution in [3.05, 3.63) is 23.2 Å². The molecule has 1 aliphatic heterocycles. The highest BCUT2D eigenvalue weighted by atomic mass is 16.3. The van der Waals surface area contributed by atoms with Crippen LogP contribution in [0.5, 0.6) is 0 Å². The predicted molar refractivity (Wildman–Crippen MR) is 88.3 cm³/mol. The molecule has 0 bridgehead atoms. The molecule has 1 N–H and O–H groups in total. The minimum atomic E-state index is 0.679. The minimum absolute atomic E-state index is 0.679. The molecule has 2 heterocycles. The van der Waals surface area contributed by atoms with Crippen molar-refractivity contribution in [3.63, 3.8) is 0 Å². The lowest BCUT2D eigenvalue weighted by Crippen LogP contribution is -2.32. The van der Waals surface area contributed by atoms with Crippen molar-refractivity contribution in [1.29, 1.82) is 0 Å². The lowest BCUT2D eigenvalue weighted by atomic mass is 10.1. The number of furan rings is 1. The lowest BCUT2D eigenvalue weighted by Gasteiger charge is -2.26. The smallest absolute Gasteiger partial charge is 0.118 e. The average molecular weight is 292 g/mol. The monoisotopic (exact) mass is 292 g/mol. The van der Waals surface area contributed by atoms with Crippen LogP contribution in [0.25, 0.3) is 0 Å². The van der Waals surface area contributed by atoms with Gasteiger partial charge in [0.1, 0.15) is 11.5 Å². The van der Waals surface area contributed by atoms with Gasteiger partial charge in [0.15, 0.2) is 0 Å². The van der Waals surface area contributed by atoms with E-state index >= 15 is 0 Å². The van der Waals surface area contributed by atoms with E-state index in [-0.39, 0.29) is 0 Å². The first-order valence-corrected chi connectivity index (χ1v) is 8.59. The molecule has 0 spiro atoms. The van der Waals surface area contributed by atoms with E-state index in [1.54, 1.807) is 0 Å². The summed E-state index contributed by atoms with van der Waals surface area (Å²) in [6, 6.07) is 2.95. The maximum absolute atomic E-state index is 5.92. The Bertz CT molecular complexity index is 425. The molecule has 0 amide bonds. The van der Waals surface area contributed by atoms with Crippen molar-refractivity contribution in [1.82, 2.24) is 10.2 Å². The van der Waals surface area contributed by atoms with Crippen molar-refractivity contribution in [3.8, 4) is 0 Å². The Hall–Kier alpha value is -0.800. The highest BCUT2D eigenvalue weighted by Gasteiger charge is 2.19. The second-order valence-electron chi connectivity index (χ2n) is 6.99. The summed E-state index contributed by atoms with van der Waals surface area (Å²) < 4.78 is 5.92. The molecule has 1 aromatic rings. The van der Waals surface area contributed by atoms with Crippen LogP contribution in [0.3, 0.4) is 0 Å². The molecule has 0 radical (unpaired) electrons. The third-order valence-corrected chi connectivity index (χ3v) is 4.49. The minimum Gasteiger partial charge on any atom is -0.465 e. The summed E-state index contributed by atoms with van der Waals surface area (Å²) in [5.41, 5.74) is 1.37. The average Bonchev–Trinajstić information content (AvgIpc) is 2.63. The van der Waals surface area contributed by atoms with Gasteiger partial charge in [0.05, 0.1) is 6.54 Å². The molecule has 1 aliphatic rings. The van der Waals surface area contributed by atoms with Gasteiger partial charge in [-0.2, -0.15) is 0 Å². The summed E-state index contributed by atoms with van der Waals surface area (Å²) in [5.74, 6) is 2.84. The van der Waals surface area contributed by atoms with Crippen LogP contribution in [-0.4, -0.2) is 24.0 Å². The van der Waals surface area contributed by atoms with Crippen molar-refractivity contribution in [2.24, 2.45) is 5.92 Å². The van der Waals surface area contributed by atoms with Crippen LogP contribution < -0.4 is 5.32 Å². The van der Waals surface area contributed by atoms with Crippen molar-refractivity contribution >= 4 is 0 Å². The molecule has 21 heavy (non-hydrogen) atoms. The molecular weight excluding hydrogens is 260 g/mol. The van der Waals surface area contributed by atoms with Crippen molar-refractivity contribution in [2.45, 2.75) is 72.5 Å². The van der Waals surface area contributed by atoms with Gasteiger partial charge in [-0.1, -0.05) is 26.7 Å². The van der Waals surface area contributed by atoms with E-state index in [0.717, 1.165) is 31.2 Å². The normalized spacial score (nSPS) is 20.9. The third kappa shape index (κ3) is 5.15. The van der Waals surface area contributed by atoms with E-state index in [1.165, 1.54) is 37.8 Å². The summed E-state index contributed by atoms with van der Waals surface area (Å²) >= 11 is 0. The summed E-state index contributed by atoms with van der Waals surface area (Å²) in [4.78, 5) is 2.62. The quantitative estimate of drug-likeness (QED) is 0.855. The van der Waals surface area contributed by atoms with Crippen LogP contribution in [0.4, 0.5) is 0 Å². The number of hydrogen-bond donors (Lipinski definition) is 1. The van der Waals surface area contributed by atoms with E-state index in [1.807, 2.05) is 0 Å². The third-order valence-electron chi connectivity index (χ3n) is 4.49. The zero-order valence-corrected chi connectivity index (χ0v) is 14.2. The first kappa shape index (κ1) is 16.6. The number of aryl methyl sites for hydroxylation is 1. The molecule has 2 rings (SSSR count). The lowest BCUT2D eigenvalue weighted by molar-refractivity contribution is 0.204. The van der Waals surface area contributed by atoms with Gasteiger partial charge in [0.25, 0.3) is 0 Å². The Kier molecular flexibility index (Phi) is 6.31. The molecule has 1 saturated heterocycles. The van der Waals surface area contributed by atoms with E-state index < -0.39 is 0 Å². The Morgan fingerprint density at radius 1 is 1.33 bits per heavy atom. The van der Waals surface area contributed by atoms with Gasteiger partial charge in [0, 0.05) is 18.2 Å². The summed E-state index contributed by atoms with van der Waals surface area (Å²) in [6.45, 7) is 13.1. The molecule has 1 aromatic heterocycles. The Morgan fingerprint density at radius 3 is 2.90 bits per heavy atom. The van der Waals surface area contributed by atoms with Crippen LogP contribution in [0.1, 0.15) is 63.5 Å². The number of nitrogens with zero attached hydrogens (tertiary/aromatic N) is 1. The van der Waals surface area contributed by atoms with E-state index in [4.69, 9.17) is 4.42 Å². The van der Waals surface area contributed by atoms with Gasteiger partial charge in [-0.05, 0) is 51.8 Å². The first-order valence-electron chi connectivity index (χ1n) is 8.59. The molecule has 3 nitrogen and oxygen atoms in total. The van der Waals surface area contributed by atoms with Gasteiger partial charge >= 0.3 is 0 Å². The van der Waals surface area contributed by atoms with Gasteiger partial charge in [-0.15, -0.1) is 0 Å². The topological polar surface area (TPSA) is 28.4 Å². The number of hydrogen-bond acceptors (Lipinski definition) is 3. The zero-order valence-electron chi connectivity index (χ0n) is 14.2. The summed E-state index contributed by atoms with van der Waals surface area (Å²) in [7, 11) is 0. The highest BCUT2D eigenvalue weighted by molar-refractivity contribution is 5.21. The molecule has 0 aromatic carbocycles. The van der Waals surface area contributed by atoms with Crippen LogP contribution in [-0.2, 0) is 13.1 Å². The Balaban J connectivity index is 1.91. The fourth-order valence-corrected chi connectivity index (χ4v) is 3.10. The van der Waals surface area contributed by atoms with E-state index in [2.05, 4.69) is 44.0 Å². The second kappa shape index (κ2) is 8.00. The SMILES string of the molecule is Cc1oc(CNCC(C)C)cc1CN1CCCCCC1C. The fraction of sp³-hybridized carbons (Fsp3) is 0.778.